The fraction of sp³-hybridized carbons (Fsp3) is 1.00. The SMILES string of the molecule is CC1CCN(C2CC2N)CC1. The maximum Gasteiger partial charge on any atom is 0.0263 e. The molecule has 2 unspecified atom stereocenters. The summed E-state index contributed by atoms with van der Waals surface area (Å²) in [7, 11) is 0. The van der Waals surface area contributed by atoms with Crippen LogP contribution in [0.3, 0.4) is 0 Å². The Morgan fingerprint density at radius 3 is 2.27 bits per heavy atom. The van der Waals surface area contributed by atoms with E-state index in [0.717, 1.165) is 12.0 Å². The maximum absolute atomic E-state index is 5.79. The third kappa shape index (κ3) is 1.57. The van der Waals surface area contributed by atoms with Crippen LogP contribution in [0, 0.1) is 5.92 Å². The summed E-state index contributed by atoms with van der Waals surface area (Å²) < 4.78 is 0. The Morgan fingerprint density at radius 1 is 1.27 bits per heavy atom. The predicted molar refractivity (Wildman–Crippen MR) is 46.4 cm³/mol. The normalized spacial score (nSPS) is 40.9. The van der Waals surface area contributed by atoms with E-state index in [2.05, 4.69) is 11.8 Å². The van der Waals surface area contributed by atoms with Crippen molar-refractivity contribution in [2.45, 2.75) is 38.3 Å². The van der Waals surface area contributed by atoms with Crippen molar-refractivity contribution in [2.75, 3.05) is 13.1 Å². The van der Waals surface area contributed by atoms with Crippen LogP contribution in [0.4, 0.5) is 0 Å². The second kappa shape index (κ2) is 2.76. The molecule has 64 valence electrons. The first-order chi connectivity index (χ1) is 5.27. The molecule has 11 heavy (non-hydrogen) atoms. The van der Waals surface area contributed by atoms with Gasteiger partial charge in [0.2, 0.25) is 0 Å². The molecule has 1 heterocycles. The molecule has 2 aliphatic rings. The molecule has 0 bridgehead atoms. The van der Waals surface area contributed by atoms with Crippen LogP contribution in [0.25, 0.3) is 0 Å². The van der Waals surface area contributed by atoms with Crippen molar-refractivity contribution in [1.29, 1.82) is 0 Å². The van der Waals surface area contributed by atoms with Gasteiger partial charge in [0.05, 0.1) is 0 Å². The topological polar surface area (TPSA) is 29.3 Å². The van der Waals surface area contributed by atoms with Gasteiger partial charge in [-0.25, -0.2) is 0 Å². The Labute approximate surface area is 68.7 Å². The Hall–Kier alpha value is -0.0800. The predicted octanol–water partition coefficient (Wildman–Crippen LogP) is 0.818. The van der Waals surface area contributed by atoms with Crippen LogP contribution in [0.5, 0.6) is 0 Å². The molecular formula is C9H18N2. The molecule has 2 N–H and O–H groups in total. The second-order valence-corrected chi connectivity index (χ2v) is 4.19. The van der Waals surface area contributed by atoms with E-state index < -0.39 is 0 Å². The van der Waals surface area contributed by atoms with Gasteiger partial charge in [0.25, 0.3) is 0 Å². The van der Waals surface area contributed by atoms with Crippen LogP contribution in [-0.2, 0) is 0 Å². The van der Waals surface area contributed by atoms with E-state index in [4.69, 9.17) is 5.73 Å². The molecule has 0 aromatic heterocycles. The van der Waals surface area contributed by atoms with Crippen LogP contribution < -0.4 is 5.73 Å². The number of nitrogens with zero attached hydrogens (tertiary/aromatic N) is 1. The van der Waals surface area contributed by atoms with Crippen LogP contribution in [-0.4, -0.2) is 30.1 Å². The Kier molecular flexibility index (Phi) is 1.90. The summed E-state index contributed by atoms with van der Waals surface area (Å²) in [5.74, 6) is 0.946. The van der Waals surface area contributed by atoms with Crippen molar-refractivity contribution in [1.82, 2.24) is 4.90 Å². The molecule has 0 amide bonds. The van der Waals surface area contributed by atoms with Crippen molar-refractivity contribution in [3.63, 3.8) is 0 Å². The number of hydrogen-bond donors (Lipinski definition) is 1. The van der Waals surface area contributed by atoms with Crippen LogP contribution in [0.15, 0.2) is 0 Å². The van der Waals surface area contributed by atoms with E-state index in [1.54, 1.807) is 0 Å². The Morgan fingerprint density at radius 2 is 1.82 bits per heavy atom. The molecule has 1 aliphatic carbocycles. The van der Waals surface area contributed by atoms with E-state index in [1.165, 1.54) is 32.4 Å². The van der Waals surface area contributed by atoms with Crippen molar-refractivity contribution in [3.05, 3.63) is 0 Å². The average Bonchev–Trinajstić information content (AvgIpc) is 2.69. The highest BCUT2D eigenvalue weighted by atomic mass is 15.2. The first kappa shape index (κ1) is 7.56. The molecule has 2 heteroatoms. The first-order valence-electron chi connectivity index (χ1n) is 4.77. The zero-order valence-corrected chi connectivity index (χ0v) is 7.29. The molecule has 2 rings (SSSR count). The number of hydrogen-bond acceptors (Lipinski definition) is 2. The van der Waals surface area contributed by atoms with Gasteiger partial charge < -0.3 is 5.73 Å². The summed E-state index contributed by atoms with van der Waals surface area (Å²) in [4.78, 5) is 2.57. The fourth-order valence-corrected chi connectivity index (χ4v) is 1.98. The third-order valence-electron chi connectivity index (χ3n) is 3.09. The number of piperidine rings is 1. The molecule has 1 aliphatic heterocycles. The molecule has 2 atom stereocenters. The maximum atomic E-state index is 5.79. The minimum absolute atomic E-state index is 0.503. The minimum Gasteiger partial charge on any atom is -0.326 e. The first-order valence-corrected chi connectivity index (χ1v) is 4.77. The highest BCUT2D eigenvalue weighted by Crippen LogP contribution is 2.29. The van der Waals surface area contributed by atoms with Gasteiger partial charge in [0.15, 0.2) is 0 Å². The number of rotatable bonds is 1. The van der Waals surface area contributed by atoms with E-state index in [1.807, 2.05) is 0 Å². The molecule has 0 spiro atoms. The molecule has 1 saturated carbocycles. The molecule has 0 aromatic rings. The lowest BCUT2D eigenvalue weighted by Crippen LogP contribution is -2.37. The summed E-state index contributed by atoms with van der Waals surface area (Å²) in [5.41, 5.74) is 5.79. The van der Waals surface area contributed by atoms with Gasteiger partial charge in [-0.2, -0.15) is 0 Å². The highest BCUT2D eigenvalue weighted by molar-refractivity contribution is 4.99. The second-order valence-electron chi connectivity index (χ2n) is 4.19. The van der Waals surface area contributed by atoms with E-state index in [9.17, 15) is 0 Å². The number of likely N-dealkylation sites (tertiary alicyclic amines) is 1. The van der Waals surface area contributed by atoms with Gasteiger partial charge in [-0.3, -0.25) is 4.90 Å². The molecule has 0 aromatic carbocycles. The zero-order valence-electron chi connectivity index (χ0n) is 7.29. The van der Waals surface area contributed by atoms with Crippen molar-refractivity contribution in [2.24, 2.45) is 11.7 Å². The van der Waals surface area contributed by atoms with Crippen molar-refractivity contribution < 1.29 is 0 Å². The van der Waals surface area contributed by atoms with Crippen molar-refractivity contribution >= 4 is 0 Å². The summed E-state index contributed by atoms with van der Waals surface area (Å²) in [5, 5.41) is 0. The van der Waals surface area contributed by atoms with Gasteiger partial charge in [0.1, 0.15) is 0 Å². The summed E-state index contributed by atoms with van der Waals surface area (Å²) in [6, 6.07) is 1.26. The van der Waals surface area contributed by atoms with Crippen LogP contribution >= 0.6 is 0 Å². The summed E-state index contributed by atoms with van der Waals surface area (Å²) in [6.07, 6.45) is 4.00. The highest BCUT2D eigenvalue weighted by Gasteiger charge is 2.39. The van der Waals surface area contributed by atoms with Gasteiger partial charge in [0, 0.05) is 12.1 Å². The zero-order chi connectivity index (χ0) is 7.84. The largest absolute Gasteiger partial charge is 0.326 e. The van der Waals surface area contributed by atoms with Gasteiger partial charge in [-0.1, -0.05) is 6.92 Å². The fourth-order valence-electron chi connectivity index (χ4n) is 1.98. The summed E-state index contributed by atoms with van der Waals surface area (Å²) >= 11 is 0. The lowest BCUT2D eigenvalue weighted by molar-refractivity contribution is 0.181. The quantitative estimate of drug-likeness (QED) is 0.606. The molecule has 2 fully saturated rings. The van der Waals surface area contributed by atoms with Crippen LogP contribution in [0.1, 0.15) is 26.2 Å². The van der Waals surface area contributed by atoms with E-state index >= 15 is 0 Å². The van der Waals surface area contributed by atoms with Gasteiger partial charge in [-0.15, -0.1) is 0 Å². The molecule has 2 nitrogen and oxygen atoms in total. The Bertz CT molecular complexity index is 138. The van der Waals surface area contributed by atoms with Crippen LogP contribution in [0.2, 0.25) is 0 Å². The molecular weight excluding hydrogens is 136 g/mol. The smallest absolute Gasteiger partial charge is 0.0263 e. The average molecular weight is 154 g/mol. The van der Waals surface area contributed by atoms with Crippen molar-refractivity contribution in [3.8, 4) is 0 Å². The van der Waals surface area contributed by atoms with Gasteiger partial charge in [-0.05, 0) is 38.3 Å². The standard InChI is InChI=1S/C9H18N2/c1-7-2-4-11(5-3-7)9-6-8(9)10/h7-9H,2-6,10H2,1H3. The van der Waals surface area contributed by atoms with Gasteiger partial charge >= 0.3 is 0 Å². The summed E-state index contributed by atoms with van der Waals surface area (Å²) in [6.45, 7) is 4.93. The minimum atomic E-state index is 0.503. The lowest BCUT2D eigenvalue weighted by Gasteiger charge is -2.30. The number of nitrogens with two attached hydrogens (primary N) is 1. The third-order valence-corrected chi connectivity index (χ3v) is 3.09. The van der Waals surface area contributed by atoms with E-state index in [-0.39, 0.29) is 0 Å². The Balaban J connectivity index is 1.79. The van der Waals surface area contributed by atoms with E-state index in [0.29, 0.717) is 6.04 Å². The molecule has 1 saturated heterocycles. The lowest BCUT2D eigenvalue weighted by atomic mass is 9.99. The molecule has 0 radical (unpaired) electrons. The monoisotopic (exact) mass is 154 g/mol.